The minimum absolute atomic E-state index is 0.621. The normalized spacial score (nSPS) is 29.3. The smallest absolute Gasteiger partial charge is 0.117 e. The fourth-order valence-electron chi connectivity index (χ4n) is 2.62. The molecular weight excluding hydrogens is 210 g/mol. The van der Waals surface area contributed by atoms with E-state index in [1.165, 1.54) is 31.4 Å². The van der Waals surface area contributed by atoms with Gasteiger partial charge in [0.05, 0.1) is 6.54 Å². The molecule has 1 aromatic heterocycles. The summed E-state index contributed by atoms with van der Waals surface area (Å²) in [6, 6.07) is 4.92. The minimum Gasteiger partial charge on any atom is -0.464 e. The van der Waals surface area contributed by atoms with Gasteiger partial charge in [-0.3, -0.25) is 0 Å². The molecule has 3 atom stereocenters. The highest BCUT2D eigenvalue weighted by molar-refractivity contribution is 5.17. The van der Waals surface area contributed by atoms with Gasteiger partial charge in [-0.15, -0.1) is 0 Å². The van der Waals surface area contributed by atoms with Crippen molar-refractivity contribution in [1.29, 1.82) is 0 Å². The zero-order valence-electron chi connectivity index (χ0n) is 10.9. The average Bonchev–Trinajstić information content (AvgIpc) is 3.20. The summed E-state index contributed by atoms with van der Waals surface area (Å²) >= 11 is 0. The van der Waals surface area contributed by atoms with Crippen LogP contribution in [0.1, 0.15) is 57.0 Å². The standard InChI is InChI=1S/C15H23NO/c1-10-7-14(10)15-6-5-13(17-15)9-16-11(2)8-12-3-4-12/h5-6,10-12,14,16H,3-4,7-9H2,1-2H3. The van der Waals surface area contributed by atoms with E-state index in [1.807, 2.05) is 0 Å². The molecule has 1 aromatic rings. The van der Waals surface area contributed by atoms with Crippen LogP contribution in [0, 0.1) is 11.8 Å². The van der Waals surface area contributed by atoms with Gasteiger partial charge < -0.3 is 9.73 Å². The number of hydrogen-bond donors (Lipinski definition) is 1. The monoisotopic (exact) mass is 233 g/mol. The zero-order valence-corrected chi connectivity index (χ0v) is 10.9. The molecular formula is C15H23NO. The third-order valence-corrected chi connectivity index (χ3v) is 4.17. The summed E-state index contributed by atoms with van der Waals surface area (Å²) in [5, 5.41) is 3.56. The van der Waals surface area contributed by atoms with Gasteiger partial charge in [-0.25, -0.2) is 0 Å². The molecule has 17 heavy (non-hydrogen) atoms. The van der Waals surface area contributed by atoms with Crippen LogP contribution < -0.4 is 5.32 Å². The highest BCUT2D eigenvalue weighted by Crippen LogP contribution is 2.47. The Kier molecular flexibility index (Phi) is 2.99. The lowest BCUT2D eigenvalue weighted by Gasteiger charge is -2.11. The lowest BCUT2D eigenvalue weighted by Crippen LogP contribution is -2.25. The van der Waals surface area contributed by atoms with Crippen molar-refractivity contribution in [3.63, 3.8) is 0 Å². The first-order valence-electron chi connectivity index (χ1n) is 7.04. The van der Waals surface area contributed by atoms with Gasteiger partial charge in [-0.2, -0.15) is 0 Å². The van der Waals surface area contributed by atoms with Crippen molar-refractivity contribution in [2.24, 2.45) is 11.8 Å². The van der Waals surface area contributed by atoms with E-state index in [0.29, 0.717) is 12.0 Å². The van der Waals surface area contributed by atoms with Crippen LogP contribution in [0.3, 0.4) is 0 Å². The molecule has 3 rings (SSSR count). The second-order valence-corrected chi connectivity index (χ2v) is 6.08. The number of hydrogen-bond acceptors (Lipinski definition) is 2. The van der Waals surface area contributed by atoms with Crippen molar-refractivity contribution in [2.75, 3.05) is 0 Å². The van der Waals surface area contributed by atoms with E-state index in [0.717, 1.165) is 24.1 Å². The third-order valence-electron chi connectivity index (χ3n) is 4.17. The summed E-state index contributed by atoms with van der Waals surface area (Å²) in [6.07, 6.45) is 5.51. The van der Waals surface area contributed by atoms with Gasteiger partial charge in [-0.1, -0.05) is 19.8 Å². The maximum Gasteiger partial charge on any atom is 0.117 e. The summed E-state index contributed by atoms with van der Waals surface area (Å²) < 4.78 is 5.89. The van der Waals surface area contributed by atoms with E-state index in [2.05, 4.69) is 31.3 Å². The predicted molar refractivity (Wildman–Crippen MR) is 68.9 cm³/mol. The van der Waals surface area contributed by atoms with Crippen molar-refractivity contribution in [2.45, 2.75) is 58.0 Å². The fraction of sp³-hybridized carbons (Fsp3) is 0.733. The topological polar surface area (TPSA) is 25.2 Å². The largest absolute Gasteiger partial charge is 0.464 e. The summed E-state index contributed by atoms with van der Waals surface area (Å²) in [5.74, 6) is 4.83. The average molecular weight is 233 g/mol. The Bertz CT molecular complexity index is 380. The van der Waals surface area contributed by atoms with Gasteiger partial charge in [0.2, 0.25) is 0 Å². The van der Waals surface area contributed by atoms with Gasteiger partial charge in [0, 0.05) is 12.0 Å². The molecule has 0 spiro atoms. The van der Waals surface area contributed by atoms with E-state index in [4.69, 9.17) is 4.42 Å². The number of nitrogens with one attached hydrogen (secondary N) is 1. The molecule has 0 aromatic carbocycles. The first-order chi connectivity index (χ1) is 8.22. The lowest BCUT2D eigenvalue weighted by atomic mass is 10.1. The van der Waals surface area contributed by atoms with Crippen molar-refractivity contribution in [3.8, 4) is 0 Å². The van der Waals surface area contributed by atoms with Crippen molar-refractivity contribution >= 4 is 0 Å². The Morgan fingerprint density at radius 1 is 1.41 bits per heavy atom. The molecule has 0 bridgehead atoms. The molecule has 2 saturated carbocycles. The maximum atomic E-state index is 5.89. The summed E-state index contributed by atoms with van der Waals surface area (Å²) in [6.45, 7) is 5.46. The predicted octanol–water partition coefficient (Wildman–Crippen LogP) is 3.68. The molecule has 2 nitrogen and oxygen atoms in total. The Balaban J connectivity index is 1.45. The van der Waals surface area contributed by atoms with Crippen LogP contribution >= 0.6 is 0 Å². The fourth-order valence-corrected chi connectivity index (χ4v) is 2.62. The van der Waals surface area contributed by atoms with E-state index in [1.54, 1.807) is 0 Å². The van der Waals surface area contributed by atoms with E-state index >= 15 is 0 Å². The highest BCUT2D eigenvalue weighted by atomic mass is 16.3. The Morgan fingerprint density at radius 2 is 2.18 bits per heavy atom. The molecule has 0 saturated heterocycles. The Hall–Kier alpha value is -0.760. The van der Waals surface area contributed by atoms with Gasteiger partial charge >= 0.3 is 0 Å². The third kappa shape index (κ3) is 2.92. The quantitative estimate of drug-likeness (QED) is 0.810. The molecule has 3 unspecified atom stereocenters. The summed E-state index contributed by atoms with van der Waals surface area (Å²) in [5.41, 5.74) is 0. The van der Waals surface area contributed by atoms with Crippen LogP contribution in [0.2, 0.25) is 0 Å². The van der Waals surface area contributed by atoms with Crippen LogP contribution in [0.4, 0.5) is 0 Å². The van der Waals surface area contributed by atoms with Crippen molar-refractivity contribution in [1.82, 2.24) is 5.32 Å². The number of rotatable bonds is 6. The van der Waals surface area contributed by atoms with E-state index in [-0.39, 0.29) is 0 Å². The molecule has 2 heteroatoms. The number of furan rings is 1. The molecule has 94 valence electrons. The first kappa shape index (κ1) is 11.3. The van der Waals surface area contributed by atoms with Gasteiger partial charge in [-0.05, 0) is 43.7 Å². The van der Waals surface area contributed by atoms with Crippen molar-refractivity contribution < 1.29 is 4.42 Å². The van der Waals surface area contributed by atoms with Crippen LogP contribution in [-0.2, 0) is 6.54 Å². The molecule has 0 radical (unpaired) electrons. The van der Waals surface area contributed by atoms with Gasteiger partial charge in [0.15, 0.2) is 0 Å². The SMILES string of the molecule is CC(CC1CC1)NCc1ccc(C2CC2C)o1. The summed E-state index contributed by atoms with van der Waals surface area (Å²) in [4.78, 5) is 0. The van der Waals surface area contributed by atoms with Crippen LogP contribution in [0.5, 0.6) is 0 Å². The second kappa shape index (κ2) is 4.49. The van der Waals surface area contributed by atoms with Crippen molar-refractivity contribution in [3.05, 3.63) is 23.7 Å². The summed E-state index contributed by atoms with van der Waals surface area (Å²) in [7, 11) is 0. The van der Waals surface area contributed by atoms with Gasteiger partial charge in [0.1, 0.15) is 11.5 Å². The van der Waals surface area contributed by atoms with Crippen LogP contribution in [-0.4, -0.2) is 6.04 Å². The molecule has 2 fully saturated rings. The highest BCUT2D eigenvalue weighted by Gasteiger charge is 2.36. The van der Waals surface area contributed by atoms with Crippen LogP contribution in [0.15, 0.2) is 16.5 Å². The molecule has 1 N–H and O–H groups in total. The zero-order chi connectivity index (χ0) is 11.8. The molecule has 1 heterocycles. The van der Waals surface area contributed by atoms with Gasteiger partial charge in [0.25, 0.3) is 0 Å². The maximum absolute atomic E-state index is 5.89. The first-order valence-corrected chi connectivity index (χ1v) is 7.04. The molecule has 2 aliphatic rings. The van der Waals surface area contributed by atoms with Crippen LogP contribution in [0.25, 0.3) is 0 Å². The Labute approximate surface area is 104 Å². The second-order valence-electron chi connectivity index (χ2n) is 6.08. The molecule has 0 amide bonds. The minimum atomic E-state index is 0.621. The molecule has 2 aliphatic carbocycles. The van der Waals surface area contributed by atoms with E-state index < -0.39 is 0 Å². The molecule has 0 aliphatic heterocycles. The Morgan fingerprint density at radius 3 is 2.82 bits per heavy atom. The lowest BCUT2D eigenvalue weighted by molar-refractivity contribution is 0.413. The van der Waals surface area contributed by atoms with E-state index in [9.17, 15) is 0 Å².